The number of amidine groups is 1. The van der Waals surface area contributed by atoms with Crippen LogP contribution in [0.15, 0.2) is 29.4 Å². The van der Waals surface area contributed by atoms with Crippen molar-refractivity contribution in [2.24, 2.45) is 5.73 Å². The van der Waals surface area contributed by atoms with E-state index in [9.17, 15) is 0 Å². The fourth-order valence-corrected chi connectivity index (χ4v) is 1.79. The summed E-state index contributed by atoms with van der Waals surface area (Å²) in [4.78, 5) is 4.16. The molecule has 70 valence electrons. The van der Waals surface area contributed by atoms with E-state index in [1.54, 1.807) is 6.20 Å². The van der Waals surface area contributed by atoms with Gasteiger partial charge in [0.15, 0.2) is 0 Å². The third-order valence-electron chi connectivity index (χ3n) is 1.62. The molecule has 0 fully saturated rings. The Hall–Kier alpha value is -1.03. The van der Waals surface area contributed by atoms with Gasteiger partial charge in [0.05, 0.1) is 10.3 Å². The van der Waals surface area contributed by atoms with E-state index in [4.69, 9.17) is 11.1 Å². The van der Waals surface area contributed by atoms with Gasteiger partial charge in [-0.1, -0.05) is 24.8 Å². The molecular formula is C9H13N3S. The predicted molar refractivity (Wildman–Crippen MR) is 56.1 cm³/mol. The van der Waals surface area contributed by atoms with Crippen molar-refractivity contribution in [3.05, 3.63) is 24.4 Å². The first-order valence-electron chi connectivity index (χ1n) is 4.15. The van der Waals surface area contributed by atoms with Gasteiger partial charge in [-0.3, -0.25) is 5.41 Å². The molecule has 0 saturated heterocycles. The normalized spacial score (nSPS) is 12.4. The van der Waals surface area contributed by atoms with Crippen LogP contribution in [0.2, 0.25) is 0 Å². The lowest BCUT2D eigenvalue weighted by Crippen LogP contribution is -2.24. The van der Waals surface area contributed by atoms with Crippen molar-refractivity contribution in [2.45, 2.75) is 23.6 Å². The van der Waals surface area contributed by atoms with E-state index in [1.807, 2.05) is 25.1 Å². The summed E-state index contributed by atoms with van der Waals surface area (Å²) in [5.41, 5.74) is 5.43. The van der Waals surface area contributed by atoms with Crippen molar-refractivity contribution in [3.8, 4) is 0 Å². The van der Waals surface area contributed by atoms with Gasteiger partial charge < -0.3 is 5.73 Å². The van der Waals surface area contributed by atoms with E-state index in [0.717, 1.165) is 11.4 Å². The minimum atomic E-state index is 0.0508. The van der Waals surface area contributed by atoms with Crippen LogP contribution in [0.4, 0.5) is 0 Å². The Balaban J connectivity index is 2.62. The number of hydrogen-bond donors (Lipinski definition) is 2. The number of nitrogens with two attached hydrogens (primary N) is 1. The van der Waals surface area contributed by atoms with E-state index in [1.165, 1.54) is 11.8 Å². The molecule has 0 aromatic carbocycles. The summed E-state index contributed by atoms with van der Waals surface area (Å²) in [5, 5.41) is 8.30. The molecule has 0 spiro atoms. The highest BCUT2D eigenvalue weighted by molar-refractivity contribution is 8.00. The second kappa shape index (κ2) is 4.87. The number of rotatable bonds is 4. The maximum absolute atomic E-state index is 7.33. The summed E-state index contributed by atoms with van der Waals surface area (Å²) in [5.74, 6) is 0.221. The van der Waals surface area contributed by atoms with Crippen molar-refractivity contribution in [1.29, 1.82) is 5.41 Å². The van der Waals surface area contributed by atoms with Gasteiger partial charge in [0.2, 0.25) is 0 Å². The van der Waals surface area contributed by atoms with Gasteiger partial charge in [-0.05, 0) is 18.6 Å². The molecule has 3 N–H and O–H groups in total. The van der Waals surface area contributed by atoms with Crippen molar-refractivity contribution >= 4 is 17.6 Å². The highest BCUT2D eigenvalue weighted by atomic mass is 32.2. The molecule has 0 radical (unpaired) electrons. The zero-order valence-electron chi connectivity index (χ0n) is 7.53. The summed E-state index contributed by atoms with van der Waals surface area (Å²) >= 11 is 1.54. The largest absolute Gasteiger partial charge is 0.387 e. The lowest BCUT2D eigenvalue weighted by Gasteiger charge is -2.10. The van der Waals surface area contributed by atoms with Crippen LogP contribution in [0.1, 0.15) is 13.3 Å². The van der Waals surface area contributed by atoms with Crippen LogP contribution in [0.25, 0.3) is 0 Å². The Kier molecular flexibility index (Phi) is 3.76. The average Bonchev–Trinajstić information content (AvgIpc) is 2.15. The molecule has 3 nitrogen and oxygen atoms in total. The van der Waals surface area contributed by atoms with Gasteiger partial charge in [-0.25, -0.2) is 4.98 Å². The SMILES string of the molecule is CCC(Sc1ccccn1)C(=N)N. The first kappa shape index (κ1) is 10.1. The van der Waals surface area contributed by atoms with E-state index >= 15 is 0 Å². The van der Waals surface area contributed by atoms with Crippen LogP contribution in [-0.2, 0) is 0 Å². The van der Waals surface area contributed by atoms with Crippen molar-refractivity contribution < 1.29 is 0 Å². The lowest BCUT2D eigenvalue weighted by atomic mass is 10.3. The summed E-state index contributed by atoms with van der Waals surface area (Å²) in [6, 6.07) is 5.73. The fraction of sp³-hybridized carbons (Fsp3) is 0.333. The van der Waals surface area contributed by atoms with E-state index < -0.39 is 0 Å². The molecule has 0 amide bonds. The van der Waals surface area contributed by atoms with Gasteiger partial charge in [-0.2, -0.15) is 0 Å². The van der Waals surface area contributed by atoms with Crippen LogP contribution >= 0.6 is 11.8 Å². The highest BCUT2D eigenvalue weighted by Crippen LogP contribution is 2.22. The molecule has 1 unspecified atom stereocenters. The molecule has 13 heavy (non-hydrogen) atoms. The van der Waals surface area contributed by atoms with E-state index in [0.29, 0.717) is 0 Å². The van der Waals surface area contributed by atoms with Crippen LogP contribution < -0.4 is 5.73 Å². The molecule has 0 aliphatic heterocycles. The Bertz CT molecular complexity index is 273. The van der Waals surface area contributed by atoms with Gasteiger partial charge in [-0.15, -0.1) is 0 Å². The zero-order chi connectivity index (χ0) is 9.68. The van der Waals surface area contributed by atoms with Crippen molar-refractivity contribution in [2.75, 3.05) is 0 Å². The third kappa shape index (κ3) is 3.06. The fourth-order valence-electron chi connectivity index (χ4n) is 0.929. The van der Waals surface area contributed by atoms with E-state index in [-0.39, 0.29) is 11.1 Å². The maximum atomic E-state index is 7.33. The summed E-state index contributed by atoms with van der Waals surface area (Å²) in [6.45, 7) is 2.02. The Morgan fingerprint density at radius 2 is 2.46 bits per heavy atom. The monoisotopic (exact) mass is 195 g/mol. The van der Waals surface area contributed by atoms with Gasteiger partial charge in [0, 0.05) is 6.20 Å². The molecule has 1 rings (SSSR count). The van der Waals surface area contributed by atoms with Crippen LogP contribution in [0.3, 0.4) is 0 Å². The second-order valence-corrected chi connectivity index (χ2v) is 3.86. The molecule has 1 heterocycles. The second-order valence-electron chi connectivity index (χ2n) is 2.64. The molecule has 0 aliphatic rings. The predicted octanol–water partition coefficient (Wildman–Crippen LogP) is 1.89. The molecular weight excluding hydrogens is 182 g/mol. The maximum Gasteiger partial charge on any atom is 0.104 e. The summed E-state index contributed by atoms with van der Waals surface area (Å²) in [6.07, 6.45) is 2.60. The molecule has 1 aromatic heterocycles. The molecule has 0 aliphatic carbocycles. The van der Waals surface area contributed by atoms with Crippen LogP contribution in [0, 0.1) is 5.41 Å². The molecule has 1 atom stereocenters. The van der Waals surface area contributed by atoms with Crippen molar-refractivity contribution in [3.63, 3.8) is 0 Å². The van der Waals surface area contributed by atoms with Crippen LogP contribution in [0.5, 0.6) is 0 Å². The highest BCUT2D eigenvalue weighted by Gasteiger charge is 2.11. The molecule has 0 bridgehead atoms. The number of thioether (sulfide) groups is 1. The quantitative estimate of drug-likeness (QED) is 0.438. The summed E-state index contributed by atoms with van der Waals surface area (Å²) in [7, 11) is 0. The average molecular weight is 195 g/mol. The Morgan fingerprint density at radius 3 is 2.92 bits per heavy atom. The first-order chi connectivity index (χ1) is 6.24. The number of nitrogens with one attached hydrogen (secondary N) is 1. The topological polar surface area (TPSA) is 62.8 Å². The van der Waals surface area contributed by atoms with Gasteiger partial charge in [0.1, 0.15) is 5.84 Å². The number of pyridine rings is 1. The molecule has 4 heteroatoms. The first-order valence-corrected chi connectivity index (χ1v) is 5.03. The number of aromatic nitrogens is 1. The minimum absolute atomic E-state index is 0.0508. The molecule has 1 aromatic rings. The smallest absolute Gasteiger partial charge is 0.104 e. The van der Waals surface area contributed by atoms with Crippen molar-refractivity contribution in [1.82, 2.24) is 4.98 Å². The third-order valence-corrected chi connectivity index (χ3v) is 2.97. The standard InChI is InChI=1S/C9H13N3S/c1-2-7(9(10)11)13-8-5-3-4-6-12-8/h3-7H,2H2,1H3,(H3,10,11). The van der Waals surface area contributed by atoms with Crippen LogP contribution in [-0.4, -0.2) is 16.1 Å². The molecule has 0 saturated carbocycles. The number of hydrogen-bond acceptors (Lipinski definition) is 3. The van der Waals surface area contributed by atoms with Gasteiger partial charge >= 0.3 is 0 Å². The van der Waals surface area contributed by atoms with E-state index in [2.05, 4.69) is 4.98 Å². The Morgan fingerprint density at radius 1 is 1.69 bits per heavy atom. The summed E-state index contributed by atoms with van der Waals surface area (Å²) < 4.78 is 0. The minimum Gasteiger partial charge on any atom is -0.387 e. The van der Waals surface area contributed by atoms with Gasteiger partial charge in [0.25, 0.3) is 0 Å². The number of nitrogens with zero attached hydrogens (tertiary/aromatic N) is 1. The lowest BCUT2D eigenvalue weighted by molar-refractivity contribution is 0.984. The Labute approximate surface area is 82.3 Å². The zero-order valence-corrected chi connectivity index (χ0v) is 8.34.